The smallest absolute Gasteiger partial charge is 0.295 e. The first-order valence-electron chi connectivity index (χ1n) is 7.98. The van der Waals surface area contributed by atoms with Crippen molar-refractivity contribution in [3.05, 3.63) is 40.8 Å². The molecule has 0 fully saturated rings. The van der Waals surface area contributed by atoms with Gasteiger partial charge < -0.3 is 9.32 Å². The van der Waals surface area contributed by atoms with Crippen LogP contribution in [-0.2, 0) is 9.84 Å². The predicted octanol–water partition coefficient (Wildman–Crippen LogP) is 3.26. The standard InChI is InChI=1S/C17H18BrN3O4S2/c1-20(2)9-10-21(16(22)11-7-8-14(18)25-11)17-19-15-12(26-17)5-4-6-13(15)27(3,23)24/h4-8H,9-10H2,1-3H3. The Morgan fingerprint density at radius 1 is 1.22 bits per heavy atom. The first-order valence-corrected chi connectivity index (χ1v) is 11.5. The van der Waals surface area contributed by atoms with Crippen LogP contribution in [0.3, 0.4) is 0 Å². The number of carbonyl (C=O) groups excluding carboxylic acids is 1. The van der Waals surface area contributed by atoms with Crippen LogP contribution >= 0.6 is 27.3 Å². The van der Waals surface area contributed by atoms with E-state index in [1.807, 2.05) is 19.0 Å². The maximum absolute atomic E-state index is 13.0. The highest BCUT2D eigenvalue weighted by Crippen LogP contribution is 2.33. The Balaban J connectivity index is 2.07. The fourth-order valence-electron chi connectivity index (χ4n) is 2.47. The molecule has 0 atom stereocenters. The Labute approximate surface area is 169 Å². The lowest BCUT2D eigenvalue weighted by molar-refractivity contribution is 0.0957. The summed E-state index contributed by atoms with van der Waals surface area (Å²) in [5, 5.41) is 0.431. The zero-order chi connectivity index (χ0) is 19.8. The number of benzene rings is 1. The molecule has 3 aromatic rings. The van der Waals surface area contributed by atoms with Crippen molar-refractivity contribution >= 4 is 58.4 Å². The molecule has 1 amide bonds. The summed E-state index contributed by atoms with van der Waals surface area (Å²) >= 11 is 4.48. The number of sulfone groups is 1. The Bertz CT molecular complexity index is 1090. The van der Waals surface area contributed by atoms with Gasteiger partial charge in [-0.15, -0.1) is 0 Å². The number of anilines is 1. The Morgan fingerprint density at radius 3 is 2.56 bits per heavy atom. The lowest BCUT2D eigenvalue weighted by Gasteiger charge is -2.20. The van der Waals surface area contributed by atoms with E-state index >= 15 is 0 Å². The first kappa shape index (κ1) is 20.0. The predicted molar refractivity (Wildman–Crippen MR) is 109 cm³/mol. The van der Waals surface area contributed by atoms with E-state index in [9.17, 15) is 13.2 Å². The molecule has 10 heteroatoms. The second-order valence-corrected chi connectivity index (χ2v) is 10.0. The van der Waals surface area contributed by atoms with Crippen LogP contribution in [0, 0.1) is 0 Å². The summed E-state index contributed by atoms with van der Waals surface area (Å²) in [7, 11) is 0.389. The molecule has 27 heavy (non-hydrogen) atoms. The third kappa shape index (κ3) is 4.40. The fraction of sp³-hybridized carbons (Fsp3) is 0.294. The Morgan fingerprint density at radius 2 is 1.96 bits per heavy atom. The molecule has 0 spiro atoms. The maximum Gasteiger partial charge on any atom is 0.295 e. The van der Waals surface area contributed by atoms with Crippen LogP contribution in [0.4, 0.5) is 5.13 Å². The third-order valence-corrected chi connectivity index (χ3v) is 6.40. The van der Waals surface area contributed by atoms with Crippen molar-refractivity contribution in [3.63, 3.8) is 0 Å². The molecule has 0 aliphatic heterocycles. The molecule has 2 aromatic heterocycles. The van der Waals surface area contributed by atoms with Crippen LogP contribution in [0.1, 0.15) is 10.6 Å². The van der Waals surface area contributed by atoms with Crippen molar-refractivity contribution in [2.24, 2.45) is 0 Å². The number of halogens is 1. The van der Waals surface area contributed by atoms with Gasteiger partial charge in [0.1, 0.15) is 5.52 Å². The summed E-state index contributed by atoms with van der Waals surface area (Å²) in [5.41, 5.74) is 0.378. The van der Waals surface area contributed by atoms with Gasteiger partial charge in [0, 0.05) is 19.3 Å². The molecule has 0 saturated carbocycles. The minimum absolute atomic E-state index is 0.156. The summed E-state index contributed by atoms with van der Waals surface area (Å²) in [6, 6.07) is 8.23. The van der Waals surface area contributed by atoms with Gasteiger partial charge in [-0.2, -0.15) is 0 Å². The lowest BCUT2D eigenvalue weighted by Crippen LogP contribution is -2.36. The van der Waals surface area contributed by atoms with E-state index in [0.29, 0.717) is 33.1 Å². The number of hydrogen-bond acceptors (Lipinski definition) is 7. The number of aromatic nitrogens is 1. The molecular formula is C17H18BrN3O4S2. The highest BCUT2D eigenvalue weighted by Gasteiger charge is 2.25. The van der Waals surface area contributed by atoms with Gasteiger partial charge in [-0.05, 0) is 54.3 Å². The highest BCUT2D eigenvalue weighted by atomic mass is 79.9. The van der Waals surface area contributed by atoms with Crippen molar-refractivity contribution in [2.75, 3.05) is 38.3 Å². The second-order valence-electron chi connectivity index (χ2n) is 6.24. The molecule has 0 saturated heterocycles. The van der Waals surface area contributed by atoms with Crippen molar-refractivity contribution in [3.8, 4) is 0 Å². The number of rotatable bonds is 6. The minimum atomic E-state index is -3.43. The summed E-state index contributed by atoms with van der Waals surface area (Å²) in [5.74, 6) is -0.147. The summed E-state index contributed by atoms with van der Waals surface area (Å²) in [4.78, 5) is 21.1. The maximum atomic E-state index is 13.0. The number of carbonyl (C=O) groups is 1. The zero-order valence-electron chi connectivity index (χ0n) is 15.0. The van der Waals surface area contributed by atoms with Crippen LogP contribution in [-0.4, -0.2) is 57.6 Å². The summed E-state index contributed by atoms with van der Waals surface area (Å²) in [6.07, 6.45) is 1.15. The monoisotopic (exact) mass is 471 g/mol. The fourth-order valence-corrected chi connectivity index (χ4v) is 4.69. The van der Waals surface area contributed by atoms with E-state index in [1.54, 1.807) is 24.3 Å². The van der Waals surface area contributed by atoms with Crippen molar-refractivity contribution in [1.29, 1.82) is 0 Å². The van der Waals surface area contributed by atoms with E-state index in [-0.39, 0.29) is 16.6 Å². The zero-order valence-corrected chi connectivity index (χ0v) is 18.2. The van der Waals surface area contributed by atoms with Crippen molar-refractivity contribution in [2.45, 2.75) is 4.90 Å². The quantitative estimate of drug-likeness (QED) is 0.548. The van der Waals surface area contributed by atoms with E-state index < -0.39 is 9.84 Å². The molecule has 0 unspecified atom stereocenters. The average molecular weight is 472 g/mol. The summed E-state index contributed by atoms with van der Waals surface area (Å²) in [6.45, 7) is 1.00. The molecule has 0 bridgehead atoms. The van der Waals surface area contributed by atoms with Crippen LogP contribution in [0.15, 0.2) is 44.3 Å². The van der Waals surface area contributed by atoms with Gasteiger partial charge >= 0.3 is 0 Å². The molecule has 1 aromatic carbocycles. The van der Waals surface area contributed by atoms with Gasteiger partial charge in [0.2, 0.25) is 0 Å². The van der Waals surface area contributed by atoms with Gasteiger partial charge in [-0.1, -0.05) is 17.4 Å². The van der Waals surface area contributed by atoms with Gasteiger partial charge in [0.25, 0.3) is 5.91 Å². The van der Waals surface area contributed by atoms with E-state index in [2.05, 4.69) is 20.9 Å². The highest BCUT2D eigenvalue weighted by molar-refractivity contribution is 9.10. The molecule has 7 nitrogen and oxygen atoms in total. The van der Waals surface area contributed by atoms with Crippen molar-refractivity contribution < 1.29 is 17.6 Å². The average Bonchev–Trinajstić information content (AvgIpc) is 3.19. The number of hydrogen-bond donors (Lipinski definition) is 0. The molecule has 0 aliphatic rings. The normalized spacial score (nSPS) is 12.0. The molecule has 0 N–H and O–H groups in total. The second kappa shape index (κ2) is 7.70. The number of thiazole rings is 1. The topological polar surface area (TPSA) is 83.7 Å². The van der Waals surface area contributed by atoms with Crippen molar-refractivity contribution in [1.82, 2.24) is 9.88 Å². The number of fused-ring (bicyclic) bond motifs is 1. The molecular weight excluding hydrogens is 454 g/mol. The largest absolute Gasteiger partial charge is 0.444 e. The first-order chi connectivity index (χ1) is 12.7. The Hall–Kier alpha value is -1.75. The molecule has 3 rings (SSSR count). The molecule has 2 heterocycles. The van der Waals surface area contributed by atoms with E-state index in [4.69, 9.17) is 4.42 Å². The van der Waals surface area contributed by atoms with Crippen LogP contribution < -0.4 is 4.90 Å². The SMILES string of the molecule is CN(C)CCN(C(=O)c1ccc(Br)o1)c1nc2c(S(C)(=O)=O)cccc2s1. The number of nitrogens with zero attached hydrogens (tertiary/aromatic N) is 3. The number of para-hydroxylation sites is 1. The van der Waals surface area contributed by atoms with Gasteiger partial charge in [0.05, 0.1) is 9.60 Å². The van der Waals surface area contributed by atoms with Crippen LogP contribution in [0.25, 0.3) is 10.2 Å². The lowest BCUT2D eigenvalue weighted by atomic mass is 10.3. The van der Waals surface area contributed by atoms with Crippen LogP contribution in [0.5, 0.6) is 0 Å². The third-order valence-electron chi connectivity index (χ3n) is 3.80. The van der Waals surface area contributed by atoms with Gasteiger partial charge in [0.15, 0.2) is 25.4 Å². The van der Waals surface area contributed by atoms with Crippen LogP contribution in [0.2, 0.25) is 0 Å². The Kier molecular flexibility index (Phi) is 5.71. The number of likely N-dealkylation sites (N-methyl/N-ethyl adjacent to an activating group) is 1. The number of amides is 1. The summed E-state index contributed by atoms with van der Waals surface area (Å²) < 4.78 is 30.7. The molecule has 0 radical (unpaired) electrons. The van der Waals surface area contributed by atoms with E-state index in [0.717, 1.165) is 6.26 Å². The molecule has 0 aliphatic carbocycles. The number of furan rings is 1. The van der Waals surface area contributed by atoms with E-state index in [1.165, 1.54) is 22.3 Å². The van der Waals surface area contributed by atoms with Gasteiger partial charge in [-0.3, -0.25) is 9.69 Å². The van der Waals surface area contributed by atoms with Gasteiger partial charge in [-0.25, -0.2) is 13.4 Å². The minimum Gasteiger partial charge on any atom is -0.444 e. The molecule has 144 valence electrons.